The molecule has 0 amide bonds. The second kappa shape index (κ2) is 16.1. The highest BCUT2D eigenvalue weighted by Gasteiger charge is 2.03. The van der Waals surface area contributed by atoms with E-state index in [4.69, 9.17) is 0 Å². The molecular formula is C14H26O2S4. The van der Waals surface area contributed by atoms with Crippen molar-refractivity contribution >= 4 is 55.3 Å². The third-order valence-corrected chi connectivity index (χ3v) is 7.21. The topological polar surface area (TPSA) is 34.1 Å². The number of carbonyl (C=O) groups is 2. The van der Waals surface area contributed by atoms with Crippen LogP contribution in [0.5, 0.6) is 0 Å². The second-order valence-electron chi connectivity index (χ2n) is 4.29. The van der Waals surface area contributed by atoms with Crippen LogP contribution >= 0.6 is 45.1 Å². The molecule has 0 atom stereocenters. The van der Waals surface area contributed by atoms with E-state index in [0.717, 1.165) is 61.5 Å². The third kappa shape index (κ3) is 15.1. The summed E-state index contributed by atoms with van der Waals surface area (Å²) >= 11 is 2.92. The summed E-state index contributed by atoms with van der Waals surface area (Å²) in [6.07, 6.45) is 5.64. The van der Waals surface area contributed by atoms with E-state index in [0.29, 0.717) is 10.2 Å². The Bertz CT molecular complexity index is 234. The fourth-order valence-electron chi connectivity index (χ4n) is 1.28. The average molecular weight is 355 g/mol. The Labute approximate surface area is 140 Å². The van der Waals surface area contributed by atoms with Gasteiger partial charge in [-0.3, -0.25) is 9.59 Å². The molecule has 0 heterocycles. The molecule has 0 radical (unpaired) electrons. The second-order valence-corrected chi connectivity index (χ2v) is 9.30. The van der Waals surface area contributed by atoms with E-state index in [-0.39, 0.29) is 0 Å². The van der Waals surface area contributed by atoms with Gasteiger partial charge in [-0.05, 0) is 12.8 Å². The lowest BCUT2D eigenvalue weighted by Gasteiger charge is -2.01. The van der Waals surface area contributed by atoms with E-state index in [9.17, 15) is 9.59 Å². The summed E-state index contributed by atoms with van der Waals surface area (Å²) in [5, 5.41) is 0.657. The van der Waals surface area contributed by atoms with Crippen molar-refractivity contribution in [1.82, 2.24) is 0 Å². The van der Waals surface area contributed by atoms with Gasteiger partial charge in [0, 0.05) is 35.9 Å². The van der Waals surface area contributed by atoms with Gasteiger partial charge in [-0.1, -0.05) is 71.8 Å². The molecule has 0 N–H and O–H groups in total. The van der Waals surface area contributed by atoms with Crippen LogP contribution in [0.15, 0.2) is 0 Å². The largest absolute Gasteiger partial charge is 0.287 e. The van der Waals surface area contributed by atoms with Gasteiger partial charge in [-0.25, -0.2) is 0 Å². The zero-order chi connectivity index (χ0) is 15.1. The number of unbranched alkanes of at least 4 members (excludes halogenated alkanes) is 2. The molecule has 0 saturated carbocycles. The van der Waals surface area contributed by atoms with Gasteiger partial charge >= 0.3 is 0 Å². The first-order valence-electron chi connectivity index (χ1n) is 7.26. The lowest BCUT2D eigenvalue weighted by molar-refractivity contribution is -0.111. The van der Waals surface area contributed by atoms with Crippen LogP contribution in [0, 0.1) is 0 Å². The van der Waals surface area contributed by atoms with Gasteiger partial charge in [-0.2, -0.15) is 0 Å². The minimum absolute atomic E-state index is 0.328. The maximum atomic E-state index is 11.4. The summed E-state index contributed by atoms with van der Waals surface area (Å²) in [5.74, 6) is 3.81. The van der Waals surface area contributed by atoms with E-state index >= 15 is 0 Å². The highest BCUT2D eigenvalue weighted by Crippen LogP contribution is 2.24. The number of carbonyl (C=O) groups excluding carboxylic acids is 2. The van der Waals surface area contributed by atoms with Crippen LogP contribution < -0.4 is 0 Å². The molecule has 0 aromatic heterocycles. The summed E-state index contributed by atoms with van der Waals surface area (Å²) in [7, 11) is 3.62. The summed E-state index contributed by atoms with van der Waals surface area (Å²) in [6.45, 7) is 4.21. The van der Waals surface area contributed by atoms with E-state index in [1.54, 1.807) is 0 Å². The Kier molecular flexibility index (Phi) is 16.7. The van der Waals surface area contributed by atoms with Crippen molar-refractivity contribution in [3.05, 3.63) is 0 Å². The van der Waals surface area contributed by atoms with E-state index < -0.39 is 0 Å². The number of thioether (sulfide) groups is 2. The first kappa shape index (κ1) is 20.7. The quantitative estimate of drug-likeness (QED) is 0.331. The molecule has 118 valence electrons. The number of hydrogen-bond acceptors (Lipinski definition) is 6. The molecule has 0 bridgehead atoms. The van der Waals surface area contributed by atoms with Crippen LogP contribution in [0.4, 0.5) is 0 Å². The van der Waals surface area contributed by atoms with E-state index in [1.807, 2.05) is 21.6 Å². The number of hydrogen-bond donors (Lipinski definition) is 0. The lowest BCUT2D eigenvalue weighted by atomic mass is 10.3. The van der Waals surface area contributed by atoms with Crippen LogP contribution in [-0.4, -0.2) is 33.2 Å². The Morgan fingerprint density at radius 1 is 0.700 bits per heavy atom. The fraction of sp³-hybridized carbons (Fsp3) is 0.857. The molecule has 0 saturated heterocycles. The number of rotatable bonds is 13. The molecule has 0 fully saturated rings. The molecular weight excluding hydrogens is 328 g/mol. The summed E-state index contributed by atoms with van der Waals surface area (Å²) in [6, 6.07) is 0. The summed E-state index contributed by atoms with van der Waals surface area (Å²) < 4.78 is 0. The normalized spacial score (nSPS) is 10.7. The molecule has 0 spiro atoms. The summed E-state index contributed by atoms with van der Waals surface area (Å²) in [5.41, 5.74) is 0. The first-order chi connectivity index (χ1) is 9.70. The first-order valence-corrected chi connectivity index (χ1v) is 11.7. The molecule has 0 aromatic rings. The van der Waals surface area contributed by atoms with Gasteiger partial charge in [0.1, 0.15) is 0 Å². The van der Waals surface area contributed by atoms with Crippen LogP contribution in [0.1, 0.15) is 52.4 Å². The van der Waals surface area contributed by atoms with Crippen LogP contribution in [-0.2, 0) is 9.59 Å². The average Bonchev–Trinajstić information content (AvgIpc) is 2.45. The Morgan fingerprint density at radius 3 is 1.45 bits per heavy atom. The predicted molar refractivity (Wildman–Crippen MR) is 98.9 cm³/mol. The van der Waals surface area contributed by atoms with Gasteiger partial charge < -0.3 is 0 Å². The molecule has 0 aliphatic heterocycles. The maximum absolute atomic E-state index is 11.4. The van der Waals surface area contributed by atoms with Crippen molar-refractivity contribution in [2.75, 3.05) is 23.0 Å². The van der Waals surface area contributed by atoms with Gasteiger partial charge in [0.25, 0.3) is 0 Å². The molecule has 0 aromatic carbocycles. The monoisotopic (exact) mass is 354 g/mol. The summed E-state index contributed by atoms with van der Waals surface area (Å²) in [4.78, 5) is 22.8. The van der Waals surface area contributed by atoms with Gasteiger partial charge in [0.2, 0.25) is 0 Å². The molecule has 20 heavy (non-hydrogen) atoms. The zero-order valence-electron chi connectivity index (χ0n) is 12.5. The van der Waals surface area contributed by atoms with Crippen LogP contribution in [0.25, 0.3) is 0 Å². The molecule has 0 aliphatic carbocycles. The van der Waals surface area contributed by atoms with Crippen LogP contribution in [0.3, 0.4) is 0 Å². The van der Waals surface area contributed by atoms with Crippen molar-refractivity contribution < 1.29 is 9.59 Å². The molecule has 0 aliphatic rings. The standard InChI is InChI=1S/C14H26O2S4/c1-3-5-7-13(15)17-9-11-19-20-12-10-18-14(16)8-6-4-2/h3-12H2,1-2H3. The van der Waals surface area contributed by atoms with Crippen molar-refractivity contribution in [2.45, 2.75) is 52.4 Å². The van der Waals surface area contributed by atoms with Crippen molar-refractivity contribution in [1.29, 1.82) is 0 Å². The smallest absolute Gasteiger partial charge is 0.188 e. The SMILES string of the molecule is CCCCC(=O)SCCSSCCSC(=O)CCCC. The van der Waals surface area contributed by atoms with Gasteiger partial charge in [-0.15, -0.1) is 0 Å². The maximum Gasteiger partial charge on any atom is 0.188 e. The van der Waals surface area contributed by atoms with E-state index in [2.05, 4.69) is 13.8 Å². The fourth-order valence-corrected chi connectivity index (χ4v) is 5.69. The Morgan fingerprint density at radius 2 is 1.10 bits per heavy atom. The molecule has 2 nitrogen and oxygen atoms in total. The Balaban J connectivity index is 3.20. The van der Waals surface area contributed by atoms with E-state index in [1.165, 1.54) is 23.5 Å². The Hall–Kier alpha value is 0.740. The van der Waals surface area contributed by atoms with Gasteiger partial charge in [0.05, 0.1) is 0 Å². The third-order valence-electron chi connectivity index (χ3n) is 2.41. The zero-order valence-corrected chi connectivity index (χ0v) is 15.8. The van der Waals surface area contributed by atoms with Crippen molar-refractivity contribution in [2.24, 2.45) is 0 Å². The van der Waals surface area contributed by atoms with Crippen molar-refractivity contribution in [3.63, 3.8) is 0 Å². The predicted octanol–water partition coefficient (Wildman–Crippen LogP) is 5.27. The van der Waals surface area contributed by atoms with Gasteiger partial charge in [0.15, 0.2) is 10.2 Å². The molecule has 6 heteroatoms. The van der Waals surface area contributed by atoms with Crippen molar-refractivity contribution in [3.8, 4) is 0 Å². The molecule has 0 rings (SSSR count). The minimum Gasteiger partial charge on any atom is -0.287 e. The highest BCUT2D eigenvalue weighted by molar-refractivity contribution is 8.76. The molecule has 0 unspecified atom stereocenters. The van der Waals surface area contributed by atoms with Crippen LogP contribution in [0.2, 0.25) is 0 Å². The lowest BCUT2D eigenvalue weighted by Crippen LogP contribution is -1.95. The highest BCUT2D eigenvalue weighted by atomic mass is 33.1. The minimum atomic E-state index is 0.328.